The first-order valence-corrected chi connectivity index (χ1v) is 8.15. The highest BCUT2D eigenvalue weighted by molar-refractivity contribution is 5.87. The molecule has 2 aromatic rings. The van der Waals surface area contributed by atoms with Crippen LogP contribution in [0, 0.1) is 5.92 Å². The molecule has 0 aliphatic carbocycles. The number of carbonyl (C=O) groups excluding carboxylic acids is 1. The Morgan fingerprint density at radius 1 is 1.08 bits per heavy atom. The molecule has 3 heteroatoms. The van der Waals surface area contributed by atoms with E-state index in [4.69, 9.17) is 4.74 Å². The highest BCUT2D eigenvalue weighted by Gasteiger charge is 2.25. The Morgan fingerprint density at radius 3 is 2.25 bits per heavy atom. The Labute approximate surface area is 143 Å². The zero-order chi connectivity index (χ0) is 17.4. The molecule has 0 saturated heterocycles. The predicted molar refractivity (Wildman–Crippen MR) is 95.4 cm³/mol. The second-order valence-corrected chi connectivity index (χ2v) is 5.95. The lowest BCUT2D eigenvalue weighted by atomic mass is 9.92. The summed E-state index contributed by atoms with van der Waals surface area (Å²) in [6.07, 6.45) is 1.92. The smallest absolute Gasteiger partial charge is 0.152 e. The van der Waals surface area contributed by atoms with E-state index in [0.29, 0.717) is 6.61 Å². The molecule has 0 amide bonds. The molecule has 0 aliphatic rings. The number of hydrogen-bond donors (Lipinski definition) is 1. The number of carbonyl (C=O) groups is 1. The van der Waals surface area contributed by atoms with Crippen molar-refractivity contribution in [3.63, 3.8) is 0 Å². The van der Waals surface area contributed by atoms with Gasteiger partial charge in [0.2, 0.25) is 0 Å². The van der Waals surface area contributed by atoms with Crippen LogP contribution in [0.5, 0.6) is 0 Å². The van der Waals surface area contributed by atoms with Gasteiger partial charge in [0.1, 0.15) is 0 Å². The Balaban J connectivity index is 2.15. The minimum atomic E-state index is -0.755. The summed E-state index contributed by atoms with van der Waals surface area (Å²) >= 11 is 0. The molecule has 0 fully saturated rings. The largest absolute Gasteiger partial charge is 0.389 e. The molecule has 1 N–H and O–H groups in total. The second-order valence-electron chi connectivity index (χ2n) is 5.95. The summed E-state index contributed by atoms with van der Waals surface area (Å²) in [5, 5.41) is 10.4. The molecule has 0 spiro atoms. The van der Waals surface area contributed by atoms with Crippen molar-refractivity contribution < 1.29 is 14.6 Å². The molecule has 126 valence electrons. The van der Waals surface area contributed by atoms with Crippen LogP contribution in [0.15, 0.2) is 72.8 Å². The maximum atomic E-state index is 11.1. The fourth-order valence-corrected chi connectivity index (χ4v) is 2.54. The molecular weight excluding hydrogens is 300 g/mol. The van der Waals surface area contributed by atoms with Crippen molar-refractivity contribution in [1.29, 1.82) is 0 Å². The molecule has 0 unspecified atom stereocenters. The molecule has 0 saturated carbocycles. The van der Waals surface area contributed by atoms with Gasteiger partial charge in [0.05, 0.1) is 18.8 Å². The van der Waals surface area contributed by atoms with E-state index in [2.05, 4.69) is 0 Å². The molecule has 0 bridgehead atoms. The van der Waals surface area contributed by atoms with Gasteiger partial charge in [-0.1, -0.05) is 73.7 Å². The lowest BCUT2D eigenvalue weighted by molar-refractivity contribution is -0.112. The van der Waals surface area contributed by atoms with Gasteiger partial charge >= 0.3 is 0 Å². The summed E-state index contributed by atoms with van der Waals surface area (Å²) in [5.74, 6) is -0.269. The van der Waals surface area contributed by atoms with Gasteiger partial charge in [0.25, 0.3) is 0 Å². The van der Waals surface area contributed by atoms with Crippen molar-refractivity contribution in [3.05, 3.63) is 83.9 Å². The first-order valence-electron chi connectivity index (χ1n) is 8.15. The van der Waals surface area contributed by atoms with Crippen molar-refractivity contribution in [3.8, 4) is 0 Å². The molecule has 0 heterocycles. The standard InChI is InChI=1S/C21H24O3/c1-16(22)13-14-20(23)17(2)21(19-11-7-4-8-12-19)24-15-18-9-5-3-6-10-18/h3-14,17,20-21,23H,15H2,1-2H3/b14-13+/t17-,20-,21+/m0/s1. The number of aliphatic hydroxyl groups excluding tert-OH is 1. The number of rotatable bonds is 8. The first kappa shape index (κ1) is 18.1. The highest BCUT2D eigenvalue weighted by Crippen LogP contribution is 2.30. The van der Waals surface area contributed by atoms with E-state index in [9.17, 15) is 9.90 Å². The predicted octanol–water partition coefficient (Wildman–Crippen LogP) is 4.09. The minimum absolute atomic E-state index is 0.0808. The van der Waals surface area contributed by atoms with Crippen LogP contribution in [0.4, 0.5) is 0 Å². The summed E-state index contributed by atoms with van der Waals surface area (Å²) < 4.78 is 6.13. The maximum absolute atomic E-state index is 11.1. The first-order chi connectivity index (χ1) is 11.6. The van der Waals surface area contributed by atoms with Crippen LogP contribution >= 0.6 is 0 Å². The van der Waals surface area contributed by atoms with Crippen LogP contribution in [0.2, 0.25) is 0 Å². The van der Waals surface area contributed by atoms with Crippen LogP contribution in [0.1, 0.15) is 31.1 Å². The lowest BCUT2D eigenvalue weighted by Gasteiger charge is -2.27. The summed E-state index contributed by atoms with van der Waals surface area (Å²) in [5.41, 5.74) is 2.09. The van der Waals surface area contributed by atoms with E-state index in [-0.39, 0.29) is 17.8 Å². The average molecular weight is 324 g/mol. The van der Waals surface area contributed by atoms with Gasteiger partial charge in [0, 0.05) is 5.92 Å². The van der Waals surface area contributed by atoms with Crippen LogP contribution in [0.25, 0.3) is 0 Å². The quantitative estimate of drug-likeness (QED) is 0.744. The van der Waals surface area contributed by atoms with Gasteiger partial charge in [-0.25, -0.2) is 0 Å². The normalized spacial score (nSPS) is 15.1. The molecule has 0 aliphatic heterocycles. The molecule has 3 atom stereocenters. The summed E-state index contributed by atoms with van der Waals surface area (Å²) in [6, 6.07) is 19.8. The third-order valence-electron chi connectivity index (χ3n) is 3.94. The van der Waals surface area contributed by atoms with Gasteiger partial charge < -0.3 is 9.84 Å². The summed E-state index contributed by atoms with van der Waals surface area (Å²) in [7, 11) is 0. The molecule has 0 radical (unpaired) electrons. The van der Waals surface area contributed by atoms with Crippen molar-refractivity contribution in [2.75, 3.05) is 0 Å². The average Bonchev–Trinajstić information content (AvgIpc) is 2.61. The molecular formula is C21H24O3. The third kappa shape index (κ3) is 5.44. The topological polar surface area (TPSA) is 46.5 Å². The van der Waals surface area contributed by atoms with E-state index in [1.165, 1.54) is 19.1 Å². The molecule has 0 aromatic heterocycles. The maximum Gasteiger partial charge on any atom is 0.152 e. The van der Waals surface area contributed by atoms with Crippen LogP contribution in [-0.4, -0.2) is 17.0 Å². The number of ketones is 1. The Hall–Kier alpha value is -2.23. The summed E-state index contributed by atoms with van der Waals surface area (Å²) in [6.45, 7) is 3.86. The van der Waals surface area contributed by atoms with E-state index in [0.717, 1.165) is 11.1 Å². The van der Waals surface area contributed by atoms with Gasteiger partial charge in [-0.2, -0.15) is 0 Å². The van der Waals surface area contributed by atoms with Crippen molar-refractivity contribution in [2.24, 2.45) is 5.92 Å². The number of ether oxygens (including phenoxy) is 1. The van der Waals surface area contributed by atoms with Gasteiger partial charge in [0.15, 0.2) is 5.78 Å². The number of hydrogen-bond acceptors (Lipinski definition) is 3. The molecule has 24 heavy (non-hydrogen) atoms. The second kappa shape index (κ2) is 9.16. The molecule has 2 rings (SSSR count). The number of aliphatic hydroxyl groups is 1. The zero-order valence-electron chi connectivity index (χ0n) is 14.1. The zero-order valence-corrected chi connectivity index (χ0v) is 14.1. The highest BCUT2D eigenvalue weighted by atomic mass is 16.5. The van der Waals surface area contributed by atoms with E-state index >= 15 is 0 Å². The van der Waals surface area contributed by atoms with Gasteiger partial charge in [-0.3, -0.25) is 4.79 Å². The SMILES string of the molecule is CC(=O)/C=C/[C@H](O)[C@H](C)[C@@H](OCc1ccccc1)c1ccccc1. The summed E-state index contributed by atoms with van der Waals surface area (Å²) in [4.78, 5) is 11.1. The van der Waals surface area contributed by atoms with Crippen LogP contribution in [-0.2, 0) is 16.1 Å². The van der Waals surface area contributed by atoms with Crippen molar-refractivity contribution >= 4 is 5.78 Å². The third-order valence-corrected chi connectivity index (χ3v) is 3.94. The number of benzene rings is 2. The molecule has 2 aromatic carbocycles. The van der Waals surface area contributed by atoms with Crippen LogP contribution in [0.3, 0.4) is 0 Å². The Kier molecular flexibility index (Phi) is 6.91. The fourth-order valence-electron chi connectivity index (χ4n) is 2.54. The fraction of sp³-hybridized carbons (Fsp3) is 0.286. The van der Waals surface area contributed by atoms with Crippen molar-refractivity contribution in [2.45, 2.75) is 32.7 Å². The van der Waals surface area contributed by atoms with Gasteiger partial charge in [-0.15, -0.1) is 0 Å². The van der Waals surface area contributed by atoms with E-state index < -0.39 is 6.10 Å². The number of allylic oxidation sites excluding steroid dienone is 1. The minimum Gasteiger partial charge on any atom is -0.389 e. The monoisotopic (exact) mass is 324 g/mol. The lowest BCUT2D eigenvalue weighted by Crippen LogP contribution is -2.24. The van der Waals surface area contributed by atoms with Crippen molar-refractivity contribution in [1.82, 2.24) is 0 Å². The molecule has 3 nitrogen and oxygen atoms in total. The van der Waals surface area contributed by atoms with E-state index in [1.54, 1.807) is 0 Å². The van der Waals surface area contributed by atoms with E-state index in [1.807, 2.05) is 67.6 Å². The van der Waals surface area contributed by atoms with Gasteiger partial charge in [-0.05, 0) is 24.1 Å². The Morgan fingerprint density at radius 2 is 1.67 bits per heavy atom. The van der Waals surface area contributed by atoms with Crippen LogP contribution < -0.4 is 0 Å². The Bertz CT molecular complexity index is 649.